The lowest BCUT2D eigenvalue weighted by Gasteiger charge is -2.35. The fourth-order valence-electron chi connectivity index (χ4n) is 3.14. The van der Waals surface area contributed by atoms with Crippen molar-refractivity contribution in [3.8, 4) is 11.5 Å². The number of rotatable bonds is 9. The van der Waals surface area contributed by atoms with Crippen LogP contribution in [0.3, 0.4) is 0 Å². The maximum Gasteiger partial charge on any atom is 0.237 e. The van der Waals surface area contributed by atoms with Crippen molar-refractivity contribution in [2.45, 2.75) is 19.0 Å². The molecule has 1 unspecified atom stereocenters. The molecule has 8 nitrogen and oxygen atoms in total. The Morgan fingerprint density at radius 2 is 2.07 bits per heavy atom. The molecule has 1 N–H and O–H groups in total. The normalized spacial score (nSPS) is 17.3. The molecular weight excluding hydrogens is 350 g/mol. The van der Waals surface area contributed by atoms with E-state index in [2.05, 4.69) is 5.32 Å². The zero-order chi connectivity index (χ0) is 19.8. The Morgan fingerprint density at radius 1 is 1.30 bits per heavy atom. The number of carbonyl (C=O) groups excluding carboxylic acids is 2. The predicted molar refractivity (Wildman–Crippen MR) is 101 cm³/mol. The number of likely N-dealkylation sites (N-methyl/N-ethyl adjacent to an activating group) is 1. The van der Waals surface area contributed by atoms with Gasteiger partial charge < -0.3 is 24.4 Å². The minimum atomic E-state index is -0.521. The van der Waals surface area contributed by atoms with Crippen molar-refractivity contribution in [3.63, 3.8) is 0 Å². The highest BCUT2D eigenvalue weighted by Gasteiger charge is 2.33. The Labute approximate surface area is 160 Å². The molecule has 2 amide bonds. The molecule has 2 rings (SSSR count). The first kappa shape index (κ1) is 21.0. The number of hydrogen-bond donors (Lipinski definition) is 1. The fraction of sp³-hybridized carbons (Fsp3) is 0.579. The van der Waals surface area contributed by atoms with E-state index in [0.717, 1.165) is 5.56 Å². The van der Waals surface area contributed by atoms with E-state index in [1.807, 2.05) is 23.1 Å². The quantitative estimate of drug-likeness (QED) is 0.673. The minimum absolute atomic E-state index is 0.0864. The number of carbonyl (C=O) groups is 2. The second-order valence-corrected chi connectivity index (χ2v) is 6.44. The van der Waals surface area contributed by atoms with Gasteiger partial charge in [0, 0.05) is 45.9 Å². The van der Waals surface area contributed by atoms with Crippen molar-refractivity contribution in [2.24, 2.45) is 0 Å². The number of hydrogen-bond acceptors (Lipinski definition) is 6. The lowest BCUT2D eigenvalue weighted by atomic mass is 10.1. The van der Waals surface area contributed by atoms with Crippen LogP contribution in [0, 0.1) is 0 Å². The van der Waals surface area contributed by atoms with E-state index in [0.29, 0.717) is 44.3 Å². The van der Waals surface area contributed by atoms with Crippen molar-refractivity contribution in [1.82, 2.24) is 15.1 Å². The van der Waals surface area contributed by atoms with Gasteiger partial charge in [0.2, 0.25) is 11.8 Å². The lowest BCUT2D eigenvalue weighted by molar-refractivity contribution is -0.138. The molecule has 1 heterocycles. The van der Waals surface area contributed by atoms with Gasteiger partial charge in [-0.2, -0.15) is 0 Å². The summed E-state index contributed by atoms with van der Waals surface area (Å²) >= 11 is 0. The summed E-state index contributed by atoms with van der Waals surface area (Å²) in [5, 5.41) is 2.85. The molecule has 0 aromatic heterocycles. The van der Waals surface area contributed by atoms with Gasteiger partial charge in [-0.15, -0.1) is 0 Å². The zero-order valence-corrected chi connectivity index (χ0v) is 16.5. The van der Waals surface area contributed by atoms with Crippen LogP contribution in [0.15, 0.2) is 18.2 Å². The predicted octanol–water partition coefficient (Wildman–Crippen LogP) is 0.499. The van der Waals surface area contributed by atoms with Gasteiger partial charge in [0.05, 0.1) is 33.3 Å². The SMILES string of the molecule is COCCN(C)C(=O)CC1C(=O)NCCN1Cc1cccc(OC)c1OC. The molecule has 1 aliphatic rings. The van der Waals surface area contributed by atoms with Crippen LogP contribution in [0.25, 0.3) is 0 Å². The Morgan fingerprint density at radius 3 is 2.74 bits per heavy atom. The van der Waals surface area contributed by atoms with E-state index >= 15 is 0 Å². The molecule has 1 saturated heterocycles. The summed E-state index contributed by atoms with van der Waals surface area (Å²) in [5.41, 5.74) is 0.914. The number of benzene rings is 1. The summed E-state index contributed by atoms with van der Waals surface area (Å²) in [6.45, 7) is 2.66. The molecule has 8 heteroatoms. The number of nitrogens with zero attached hydrogens (tertiary/aromatic N) is 2. The highest BCUT2D eigenvalue weighted by molar-refractivity contribution is 5.88. The molecule has 1 fully saturated rings. The van der Waals surface area contributed by atoms with Gasteiger partial charge in [-0.05, 0) is 6.07 Å². The first-order chi connectivity index (χ1) is 13.0. The number of ether oxygens (including phenoxy) is 3. The van der Waals surface area contributed by atoms with Gasteiger partial charge >= 0.3 is 0 Å². The van der Waals surface area contributed by atoms with Crippen LogP contribution in [0.4, 0.5) is 0 Å². The van der Waals surface area contributed by atoms with Gasteiger partial charge in [0.1, 0.15) is 0 Å². The van der Waals surface area contributed by atoms with Crippen molar-refractivity contribution >= 4 is 11.8 Å². The third-order valence-electron chi connectivity index (χ3n) is 4.72. The topological polar surface area (TPSA) is 80.3 Å². The molecular formula is C19H29N3O5. The molecule has 150 valence electrons. The highest BCUT2D eigenvalue weighted by atomic mass is 16.5. The maximum atomic E-state index is 12.5. The average Bonchev–Trinajstić information content (AvgIpc) is 2.68. The lowest BCUT2D eigenvalue weighted by Crippen LogP contribution is -2.56. The molecule has 1 aromatic carbocycles. The van der Waals surface area contributed by atoms with Crippen molar-refractivity contribution in [2.75, 3.05) is 54.6 Å². The Kier molecular flexibility index (Phi) is 7.87. The highest BCUT2D eigenvalue weighted by Crippen LogP contribution is 2.32. The standard InChI is InChI=1S/C19H29N3O5/c1-21(10-11-25-2)17(23)12-15-19(24)20-8-9-22(15)13-14-6-5-7-16(26-3)18(14)27-4/h5-7,15H,8-13H2,1-4H3,(H,20,24). The van der Waals surface area contributed by atoms with Gasteiger partial charge in [-0.25, -0.2) is 0 Å². The molecule has 0 aliphatic carbocycles. The second-order valence-electron chi connectivity index (χ2n) is 6.44. The first-order valence-corrected chi connectivity index (χ1v) is 8.96. The van der Waals surface area contributed by atoms with E-state index in [1.54, 1.807) is 33.3 Å². The largest absolute Gasteiger partial charge is 0.493 e. The molecule has 0 bridgehead atoms. The summed E-state index contributed by atoms with van der Waals surface area (Å²) in [7, 11) is 6.50. The molecule has 27 heavy (non-hydrogen) atoms. The summed E-state index contributed by atoms with van der Waals surface area (Å²) in [5.74, 6) is 1.07. The second kappa shape index (κ2) is 10.1. The van der Waals surface area contributed by atoms with E-state index in [1.165, 1.54) is 0 Å². The minimum Gasteiger partial charge on any atom is -0.493 e. The van der Waals surface area contributed by atoms with Gasteiger partial charge in [-0.1, -0.05) is 12.1 Å². The van der Waals surface area contributed by atoms with E-state index in [4.69, 9.17) is 14.2 Å². The molecule has 0 spiro atoms. The maximum absolute atomic E-state index is 12.5. The smallest absolute Gasteiger partial charge is 0.237 e. The van der Waals surface area contributed by atoms with Crippen LogP contribution in [-0.4, -0.2) is 82.3 Å². The Balaban J connectivity index is 2.14. The van der Waals surface area contributed by atoms with Crippen LogP contribution in [0.5, 0.6) is 11.5 Å². The van der Waals surface area contributed by atoms with Gasteiger partial charge in [-0.3, -0.25) is 14.5 Å². The number of methoxy groups -OCH3 is 3. The summed E-state index contributed by atoms with van der Waals surface area (Å²) in [4.78, 5) is 28.5. The summed E-state index contributed by atoms with van der Waals surface area (Å²) in [6, 6.07) is 5.14. The Bertz CT molecular complexity index is 652. The molecule has 1 atom stereocenters. The van der Waals surface area contributed by atoms with Crippen molar-refractivity contribution in [3.05, 3.63) is 23.8 Å². The number of piperazine rings is 1. The molecule has 0 saturated carbocycles. The van der Waals surface area contributed by atoms with E-state index in [9.17, 15) is 9.59 Å². The first-order valence-electron chi connectivity index (χ1n) is 8.96. The molecule has 1 aromatic rings. The van der Waals surface area contributed by atoms with Crippen molar-refractivity contribution in [1.29, 1.82) is 0 Å². The van der Waals surface area contributed by atoms with Crippen LogP contribution in [0.2, 0.25) is 0 Å². The zero-order valence-electron chi connectivity index (χ0n) is 16.5. The van der Waals surface area contributed by atoms with E-state index in [-0.39, 0.29) is 18.2 Å². The van der Waals surface area contributed by atoms with Crippen LogP contribution in [0.1, 0.15) is 12.0 Å². The van der Waals surface area contributed by atoms with Crippen LogP contribution >= 0.6 is 0 Å². The molecule has 1 aliphatic heterocycles. The monoisotopic (exact) mass is 379 g/mol. The third kappa shape index (κ3) is 5.33. The van der Waals surface area contributed by atoms with Crippen LogP contribution < -0.4 is 14.8 Å². The molecule has 0 radical (unpaired) electrons. The van der Waals surface area contributed by atoms with E-state index < -0.39 is 6.04 Å². The van der Waals surface area contributed by atoms with Crippen molar-refractivity contribution < 1.29 is 23.8 Å². The third-order valence-corrected chi connectivity index (χ3v) is 4.72. The number of para-hydroxylation sites is 1. The summed E-state index contributed by atoms with van der Waals surface area (Å²) in [6.07, 6.45) is 0.123. The average molecular weight is 379 g/mol. The number of amides is 2. The number of nitrogens with one attached hydrogen (secondary N) is 1. The fourth-order valence-corrected chi connectivity index (χ4v) is 3.14. The van der Waals surface area contributed by atoms with Gasteiger partial charge in [0.25, 0.3) is 0 Å². The summed E-state index contributed by atoms with van der Waals surface area (Å²) < 4.78 is 15.9. The van der Waals surface area contributed by atoms with Crippen LogP contribution in [-0.2, 0) is 20.9 Å². The van der Waals surface area contributed by atoms with Gasteiger partial charge in [0.15, 0.2) is 11.5 Å². The Hall–Kier alpha value is -2.32.